The van der Waals surface area contributed by atoms with Crippen molar-refractivity contribution in [1.82, 2.24) is 30.5 Å². The Hall–Kier alpha value is -4.41. The summed E-state index contributed by atoms with van der Waals surface area (Å²) in [4.78, 5) is 59.9. The van der Waals surface area contributed by atoms with E-state index in [-0.39, 0.29) is 41.9 Å². The molecule has 2 aliphatic rings. The number of carbonyl (C=O) groups excluding carboxylic acids is 3. The van der Waals surface area contributed by atoms with Crippen LogP contribution in [0.5, 0.6) is 0 Å². The van der Waals surface area contributed by atoms with Crippen molar-refractivity contribution in [3.63, 3.8) is 0 Å². The van der Waals surface area contributed by atoms with Gasteiger partial charge in [0.25, 0.3) is 0 Å². The third kappa shape index (κ3) is 16.4. The second-order valence-corrected chi connectivity index (χ2v) is 22.4. The number of anilines is 2. The Morgan fingerprint density at radius 2 is 1.54 bits per heavy atom. The summed E-state index contributed by atoms with van der Waals surface area (Å²) in [6.07, 6.45) is 16.8. The molecule has 2 saturated heterocycles. The molecular formula is C53H77N9O4S2. The van der Waals surface area contributed by atoms with Gasteiger partial charge < -0.3 is 36.6 Å². The number of benzene rings is 2. The minimum Gasteiger partial charge on any atom is -0.391 e. The maximum absolute atomic E-state index is 14.1. The van der Waals surface area contributed by atoms with Gasteiger partial charge in [0.2, 0.25) is 17.7 Å². The van der Waals surface area contributed by atoms with Crippen LogP contribution in [0.2, 0.25) is 0 Å². The number of nitrogens with two attached hydrogens (primary N) is 1. The summed E-state index contributed by atoms with van der Waals surface area (Å²) < 4.78 is 0. The zero-order valence-corrected chi connectivity index (χ0v) is 43.0. The van der Waals surface area contributed by atoms with Crippen LogP contribution in [-0.4, -0.2) is 92.6 Å². The number of rotatable bonds is 24. The van der Waals surface area contributed by atoms with Gasteiger partial charge in [-0.2, -0.15) is 0 Å². The molecule has 370 valence electrons. The van der Waals surface area contributed by atoms with Gasteiger partial charge in [0.15, 0.2) is 0 Å². The Balaban J connectivity index is 0.799. The highest BCUT2D eigenvalue weighted by Gasteiger charge is 2.42. The lowest BCUT2D eigenvalue weighted by molar-refractivity contribution is -0.140. The molecule has 0 aliphatic carbocycles. The largest absolute Gasteiger partial charge is 0.391 e. The first-order valence-corrected chi connectivity index (χ1v) is 26.7. The molecule has 6 N–H and O–H groups in total. The van der Waals surface area contributed by atoms with E-state index in [0.29, 0.717) is 25.8 Å². The van der Waals surface area contributed by atoms with Crippen LogP contribution in [0, 0.1) is 12.3 Å². The third-order valence-corrected chi connectivity index (χ3v) is 15.3. The van der Waals surface area contributed by atoms with Crippen LogP contribution >= 0.6 is 23.1 Å². The first-order valence-electron chi connectivity index (χ1n) is 25.0. The van der Waals surface area contributed by atoms with Crippen LogP contribution < -0.4 is 26.6 Å². The minimum atomic E-state index is -0.681. The van der Waals surface area contributed by atoms with Crippen molar-refractivity contribution in [2.45, 2.75) is 178 Å². The van der Waals surface area contributed by atoms with Gasteiger partial charge in [-0.25, -0.2) is 15.0 Å². The number of likely N-dealkylation sites (tertiary alicyclic amines) is 1. The summed E-state index contributed by atoms with van der Waals surface area (Å²) in [7, 11) is 0. The number of aliphatic hydroxyl groups is 1. The molecule has 6 rings (SSSR count). The summed E-state index contributed by atoms with van der Waals surface area (Å²) in [6.45, 7) is 14.8. The number of piperidine rings is 1. The zero-order valence-electron chi connectivity index (χ0n) is 41.4. The van der Waals surface area contributed by atoms with Gasteiger partial charge in [-0.05, 0) is 87.6 Å². The highest BCUT2D eigenvalue weighted by molar-refractivity contribution is 7.99. The lowest BCUT2D eigenvalue weighted by Gasteiger charge is -2.37. The maximum atomic E-state index is 14.1. The Morgan fingerprint density at radius 3 is 2.15 bits per heavy atom. The number of nitrogens with one attached hydrogen (secondary N) is 3. The normalized spacial score (nSPS) is 18.1. The Kier molecular flexibility index (Phi) is 19.8. The molecule has 3 amide bonds. The van der Waals surface area contributed by atoms with Gasteiger partial charge >= 0.3 is 0 Å². The number of aromatic nitrogens is 3. The molecule has 0 bridgehead atoms. The number of β-amino-alcohol motifs (C(OH)–C–C–N with tert-alkyl or cyclic N) is 1. The number of aryl methyl sites for hydroxylation is 1. The van der Waals surface area contributed by atoms with E-state index in [1.54, 1.807) is 16.2 Å². The molecule has 1 unspecified atom stereocenters. The number of amides is 3. The summed E-state index contributed by atoms with van der Waals surface area (Å²) in [6, 6.07) is 15.6. The van der Waals surface area contributed by atoms with E-state index < -0.39 is 17.6 Å². The molecule has 15 heteroatoms. The summed E-state index contributed by atoms with van der Waals surface area (Å²) in [5.41, 5.74) is 11.7. The fourth-order valence-electron chi connectivity index (χ4n) is 9.07. The van der Waals surface area contributed by atoms with Crippen molar-refractivity contribution < 1.29 is 19.5 Å². The van der Waals surface area contributed by atoms with E-state index in [4.69, 9.17) is 5.73 Å². The predicted octanol–water partition coefficient (Wildman–Crippen LogP) is 9.84. The van der Waals surface area contributed by atoms with Crippen LogP contribution in [0.4, 0.5) is 11.5 Å². The van der Waals surface area contributed by atoms with E-state index in [1.807, 2.05) is 69.9 Å². The van der Waals surface area contributed by atoms with Crippen LogP contribution in [0.15, 0.2) is 76.4 Å². The highest BCUT2D eigenvalue weighted by atomic mass is 32.2. The van der Waals surface area contributed by atoms with Crippen molar-refractivity contribution >= 4 is 52.3 Å². The molecule has 2 aromatic heterocycles. The number of hydrogen-bond donors (Lipinski definition) is 5. The van der Waals surface area contributed by atoms with E-state index in [9.17, 15) is 19.5 Å². The van der Waals surface area contributed by atoms with Crippen molar-refractivity contribution in [2.75, 3.05) is 36.4 Å². The van der Waals surface area contributed by atoms with Gasteiger partial charge in [-0.3, -0.25) is 14.4 Å². The lowest BCUT2D eigenvalue weighted by Crippen LogP contribution is -2.56. The number of unbranched alkanes of at least 4 members (excludes halogenated alkanes) is 9. The van der Waals surface area contributed by atoms with E-state index >= 15 is 0 Å². The van der Waals surface area contributed by atoms with E-state index in [1.165, 1.54) is 29.5 Å². The average molecular weight is 968 g/mol. The van der Waals surface area contributed by atoms with Gasteiger partial charge in [0, 0.05) is 67.2 Å². The van der Waals surface area contributed by atoms with Crippen LogP contribution in [0.1, 0.15) is 148 Å². The fourth-order valence-corrected chi connectivity index (χ4v) is 10.7. The second kappa shape index (κ2) is 25.4. The minimum absolute atomic E-state index is 0.0378. The standard InChI is InChI=1S/C53H77N9O4S2/c1-37(39-22-24-40(25-23-39)49-38(2)58-36-67-49)55-32-42-31-43(63)35-62(42)51(66)50(52(3,4)5)60-47(65)21-16-14-12-10-8-7-9-11-13-15-20-46(64)59-41-18-17-19-44(30-41)68-48-34-56-45(33-57-48)61-28-26-53(6,54)27-29-61/h17-19,22-25,30,33-34,36-37,42-43,50,55,63H,7-16,20-21,26-29,31-32,35,54H2,1-6H3,(H,59,64)(H,60,65)/t37-,42?,43+,50+/m0/s1. The fraction of sp³-hybridized carbons (Fsp3) is 0.585. The predicted molar refractivity (Wildman–Crippen MR) is 277 cm³/mol. The number of hydrogen-bond acceptors (Lipinski definition) is 12. The molecule has 0 spiro atoms. The molecule has 4 heterocycles. The molecule has 4 aromatic rings. The zero-order chi connectivity index (χ0) is 48.7. The Bertz CT molecular complexity index is 2200. The number of nitrogens with zero attached hydrogens (tertiary/aromatic N) is 5. The molecule has 0 radical (unpaired) electrons. The number of thiazole rings is 1. The monoisotopic (exact) mass is 968 g/mol. The summed E-state index contributed by atoms with van der Waals surface area (Å²) in [5.74, 6) is 0.692. The molecule has 2 aliphatic heterocycles. The van der Waals surface area contributed by atoms with Gasteiger partial charge in [0.1, 0.15) is 16.9 Å². The molecular weight excluding hydrogens is 891 g/mol. The van der Waals surface area contributed by atoms with Crippen molar-refractivity contribution in [3.8, 4) is 10.4 Å². The quantitative estimate of drug-likeness (QED) is 0.0422. The molecule has 13 nitrogen and oxygen atoms in total. The highest BCUT2D eigenvalue weighted by Crippen LogP contribution is 2.31. The second-order valence-electron chi connectivity index (χ2n) is 20.5. The van der Waals surface area contributed by atoms with Gasteiger partial charge in [-0.1, -0.05) is 114 Å². The molecule has 68 heavy (non-hydrogen) atoms. The first kappa shape index (κ1) is 53.0. The van der Waals surface area contributed by atoms with Crippen molar-refractivity contribution in [1.29, 1.82) is 0 Å². The summed E-state index contributed by atoms with van der Waals surface area (Å²) >= 11 is 3.17. The first-order chi connectivity index (χ1) is 32.5. The van der Waals surface area contributed by atoms with Crippen LogP contribution in [0.3, 0.4) is 0 Å². The van der Waals surface area contributed by atoms with E-state index in [0.717, 1.165) is 116 Å². The number of aliphatic hydroxyl groups excluding tert-OH is 1. The molecule has 2 fully saturated rings. The average Bonchev–Trinajstić information content (AvgIpc) is 3.91. The maximum Gasteiger partial charge on any atom is 0.246 e. The Labute approximate surface area is 413 Å². The Morgan fingerprint density at radius 1 is 0.897 bits per heavy atom. The van der Waals surface area contributed by atoms with Crippen LogP contribution in [-0.2, 0) is 14.4 Å². The van der Waals surface area contributed by atoms with Crippen molar-refractivity contribution in [3.05, 3.63) is 77.7 Å². The molecule has 2 aromatic carbocycles. The van der Waals surface area contributed by atoms with Gasteiger partial charge in [-0.15, -0.1) is 11.3 Å². The SMILES string of the molecule is Cc1ncsc1-c1ccc([C@H](C)NCC2C[C@@H](O)CN2C(=O)[C@@H](NC(=O)CCCCCCCCCCCCC(=O)Nc2cccc(Sc3cnc(N4CCC(C)(N)CC4)cn3)c2)C(C)(C)C)cc1. The topological polar surface area (TPSA) is 179 Å². The smallest absolute Gasteiger partial charge is 0.246 e. The van der Waals surface area contributed by atoms with Crippen LogP contribution in [0.25, 0.3) is 10.4 Å². The lowest BCUT2D eigenvalue weighted by atomic mass is 9.85. The molecule has 4 atom stereocenters. The van der Waals surface area contributed by atoms with Gasteiger partial charge in [0.05, 0.1) is 34.6 Å². The molecule has 0 saturated carbocycles. The number of carbonyl (C=O) groups is 3. The van der Waals surface area contributed by atoms with Crippen molar-refractivity contribution in [2.24, 2.45) is 11.1 Å². The van der Waals surface area contributed by atoms with E-state index in [2.05, 4.69) is 73.9 Å². The third-order valence-electron chi connectivity index (χ3n) is 13.4. The summed E-state index contributed by atoms with van der Waals surface area (Å²) in [5, 5.41) is 21.2.